The highest BCUT2D eigenvalue weighted by Gasteiger charge is 2.40. The molecule has 2 fully saturated rings. The van der Waals surface area contributed by atoms with E-state index in [1.165, 1.54) is 14.5 Å². The van der Waals surface area contributed by atoms with Gasteiger partial charge in [-0.2, -0.15) is 0 Å². The highest BCUT2D eigenvalue weighted by molar-refractivity contribution is 14.1. The van der Waals surface area contributed by atoms with E-state index >= 15 is 0 Å². The predicted octanol–water partition coefficient (Wildman–Crippen LogP) is 3.73. The third-order valence-corrected chi connectivity index (χ3v) is 5.79. The van der Waals surface area contributed by atoms with E-state index in [9.17, 15) is 0 Å². The number of hydrogen-bond donors (Lipinski definition) is 1. The summed E-state index contributed by atoms with van der Waals surface area (Å²) in [6, 6.07) is 2.27. The second kappa shape index (κ2) is 5.40. The lowest BCUT2D eigenvalue weighted by molar-refractivity contribution is -0.178. The van der Waals surface area contributed by atoms with Crippen LogP contribution in [0.4, 0.5) is 0 Å². The summed E-state index contributed by atoms with van der Waals surface area (Å²) in [6.45, 7) is 1.48. The number of aromatic nitrogens is 2. The number of thiol groups is 1. The maximum absolute atomic E-state index is 5.81. The SMILES string of the molecule is Sn1cc(I)c2cc(C3CCC4(CC3)OCCO4)cnc21. The van der Waals surface area contributed by atoms with E-state index in [2.05, 4.69) is 46.5 Å². The molecule has 112 valence electrons. The van der Waals surface area contributed by atoms with Crippen molar-refractivity contribution < 1.29 is 9.47 Å². The van der Waals surface area contributed by atoms with Crippen molar-refractivity contribution in [3.63, 3.8) is 0 Å². The van der Waals surface area contributed by atoms with Crippen LogP contribution in [0.15, 0.2) is 18.5 Å². The molecule has 6 heteroatoms. The van der Waals surface area contributed by atoms with Crippen molar-refractivity contribution in [2.45, 2.75) is 37.4 Å². The van der Waals surface area contributed by atoms with Crippen LogP contribution < -0.4 is 0 Å². The summed E-state index contributed by atoms with van der Waals surface area (Å²) in [5.41, 5.74) is 2.26. The van der Waals surface area contributed by atoms with E-state index in [1.54, 1.807) is 3.97 Å². The lowest BCUT2D eigenvalue weighted by atomic mass is 9.81. The summed E-state index contributed by atoms with van der Waals surface area (Å²) in [7, 11) is 0. The molecule has 4 rings (SSSR count). The Kier molecular flexibility index (Phi) is 3.68. The summed E-state index contributed by atoms with van der Waals surface area (Å²) in [5, 5.41) is 1.19. The molecular formula is C15H17IN2O2S. The molecule has 0 aromatic carbocycles. The molecule has 1 saturated carbocycles. The van der Waals surface area contributed by atoms with Gasteiger partial charge in [-0.05, 0) is 53.0 Å². The maximum atomic E-state index is 5.81. The molecule has 2 aliphatic rings. The number of halogens is 1. The Hall–Kier alpha value is -0.310. The van der Waals surface area contributed by atoms with E-state index in [1.807, 2.05) is 12.4 Å². The Morgan fingerprint density at radius 3 is 2.71 bits per heavy atom. The van der Waals surface area contributed by atoms with Crippen LogP contribution >= 0.6 is 35.4 Å². The minimum absolute atomic E-state index is 0.281. The summed E-state index contributed by atoms with van der Waals surface area (Å²) in [6.07, 6.45) is 8.18. The second-order valence-corrected chi connectivity index (χ2v) is 7.44. The van der Waals surface area contributed by atoms with Crippen LogP contribution in [-0.4, -0.2) is 28.0 Å². The number of hydrogen-bond acceptors (Lipinski definition) is 4. The molecule has 0 amide bonds. The van der Waals surface area contributed by atoms with Gasteiger partial charge in [-0.1, -0.05) is 12.8 Å². The van der Waals surface area contributed by atoms with Gasteiger partial charge in [-0.15, -0.1) is 0 Å². The van der Waals surface area contributed by atoms with Crippen LogP contribution in [0.3, 0.4) is 0 Å². The van der Waals surface area contributed by atoms with Crippen molar-refractivity contribution in [3.8, 4) is 0 Å². The third kappa shape index (κ3) is 2.50. The Bertz CT molecular complexity index is 672. The van der Waals surface area contributed by atoms with Gasteiger partial charge in [0.2, 0.25) is 0 Å². The highest BCUT2D eigenvalue weighted by Crippen LogP contribution is 2.42. The first-order valence-corrected chi connectivity index (χ1v) is 8.78. The van der Waals surface area contributed by atoms with Gasteiger partial charge in [0, 0.05) is 34.2 Å². The van der Waals surface area contributed by atoms with Crippen LogP contribution in [0.25, 0.3) is 11.0 Å². The van der Waals surface area contributed by atoms with Crippen molar-refractivity contribution >= 4 is 46.4 Å². The fourth-order valence-electron chi connectivity index (χ4n) is 3.47. The largest absolute Gasteiger partial charge is 0.348 e. The minimum atomic E-state index is -0.281. The molecule has 3 heterocycles. The fourth-order valence-corrected chi connectivity index (χ4v) is 4.64. The quantitative estimate of drug-likeness (QED) is 0.569. The van der Waals surface area contributed by atoms with Gasteiger partial charge in [-0.3, -0.25) is 3.97 Å². The molecular weight excluding hydrogens is 399 g/mol. The molecule has 0 radical (unpaired) electrons. The highest BCUT2D eigenvalue weighted by atomic mass is 127. The zero-order valence-electron chi connectivity index (χ0n) is 11.6. The minimum Gasteiger partial charge on any atom is -0.348 e. The number of nitrogens with zero attached hydrogens (tertiary/aromatic N) is 2. The monoisotopic (exact) mass is 416 g/mol. The van der Waals surface area contributed by atoms with E-state index in [0.717, 1.165) is 44.5 Å². The molecule has 1 spiro atoms. The van der Waals surface area contributed by atoms with Crippen molar-refractivity contribution in [1.82, 2.24) is 8.96 Å². The van der Waals surface area contributed by atoms with Crippen LogP contribution in [-0.2, 0) is 9.47 Å². The van der Waals surface area contributed by atoms with E-state index in [0.29, 0.717) is 5.92 Å². The molecule has 4 nitrogen and oxygen atoms in total. The molecule has 1 aliphatic heterocycles. The van der Waals surface area contributed by atoms with Gasteiger partial charge in [0.25, 0.3) is 0 Å². The van der Waals surface area contributed by atoms with Gasteiger partial charge < -0.3 is 9.47 Å². The van der Waals surface area contributed by atoms with Crippen molar-refractivity contribution in [2.24, 2.45) is 0 Å². The average Bonchev–Trinajstić information content (AvgIpc) is 3.06. The molecule has 0 bridgehead atoms. The molecule has 2 aromatic heterocycles. The molecule has 1 saturated heterocycles. The lowest BCUT2D eigenvalue weighted by Gasteiger charge is -2.35. The number of rotatable bonds is 1. The fraction of sp³-hybridized carbons (Fsp3) is 0.533. The normalized spacial score (nSPS) is 22.4. The van der Waals surface area contributed by atoms with Gasteiger partial charge in [0.05, 0.1) is 13.2 Å². The number of ether oxygens (including phenoxy) is 2. The molecule has 0 atom stereocenters. The van der Waals surface area contributed by atoms with Crippen LogP contribution in [0.2, 0.25) is 0 Å². The standard InChI is InChI=1S/C15H17IN2O2S/c16-13-9-18(21)14-12(13)7-11(8-17-14)10-1-3-15(4-2-10)19-5-6-20-15/h7-10,21H,1-6H2. The lowest BCUT2D eigenvalue weighted by Crippen LogP contribution is -2.34. The number of pyridine rings is 1. The topological polar surface area (TPSA) is 36.3 Å². The number of fused-ring (bicyclic) bond motifs is 1. The van der Waals surface area contributed by atoms with Crippen molar-refractivity contribution in [1.29, 1.82) is 0 Å². The molecule has 0 unspecified atom stereocenters. The smallest absolute Gasteiger partial charge is 0.168 e. The molecule has 0 N–H and O–H groups in total. The average molecular weight is 416 g/mol. The summed E-state index contributed by atoms with van der Waals surface area (Å²) in [4.78, 5) is 4.59. The van der Waals surface area contributed by atoms with Gasteiger partial charge in [-0.25, -0.2) is 4.98 Å². The maximum Gasteiger partial charge on any atom is 0.168 e. The van der Waals surface area contributed by atoms with Crippen LogP contribution in [0.5, 0.6) is 0 Å². The summed E-state index contributed by atoms with van der Waals surface area (Å²) in [5.74, 6) is 0.274. The van der Waals surface area contributed by atoms with E-state index in [4.69, 9.17) is 9.47 Å². The Labute approximate surface area is 142 Å². The first-order valence-electron chi connectivity index (χ1n) is 7.31. The Morgan fingerprint density at radius 1 is 1.29 bits per heavy atom. The summed E-state index contributed by atoms with van der Waals surface area (Å²) >= 11 is 6.75. The second-order valence-electron chi connectivity index (χ2n) is 5.84. The molecule has 21 heavy (non-hydrogen) atoms. The zero-order valence-corrected chi connectivity index (χ0v) is 14.6. The van der Waals surface area contributed by atoms with E-state index in [-0.39, 0.29) is 5.79 Å². The zero-order chi connectivity index (χ0) is 14.4. The summed E-state index contributed by atoms with van der Waals surface area (Å²) < 4.78 is 14.6. The van der Waals surface area contributed by atoms with Crippen molar-refractivity contribution in [3.05, 3.63) is 27.6 Å². The Balaban J connectivity index is 1.58. The first-order chi connectivity index (χ1) is 10.2. The van der Waals surface area contributed by atoms with E-state index < -0.39 is 0 Å². The Morgan fingerprint density at radius 2 is 2.00 bits per heavy atom. The van der Waals surface area contributed by atoms with Gasteiger partial charge in [0.1, 0.15) is 0 Å². The first kappa shape index (κ1) is 14.3. The molecule has 1 aliphatic carbocycles. The van der Waals surface area contributed by atoms with Crippen molar-refractivity contribution in [2.75, 3.05) is 13.2 Å². The van der Waals surface area contributed by atoms with Crippen LogP contribution in [0.1, 0.15) is 37.2 Å². The van der Waals surface area contributed by atoms with Gasteiger partial charge >= 0.3 is 0 Å². The molecule has 2 aromatic rings. The third-order valence-electron chi connectivity index (χ3n) is 4.63. The van der Waals surface area contributed by atoms with Crippen LogP contribution in [0, 0.1) is 3.57 Å². The predicted molar refractivity (Wildman–Crippen MR) is 92.7 cm³/mol. The van der Waals surface area contributed by atoms with Gasteiger partial charge in [0.15, 0.2) is 11.4 Å².